The zero-order valence-electron chi connectivity index (χ0n) is 9.34. The highest BCUT2D eigenvalue weighted by atomic mass is 16.4. The molecule has 0 spiro atoms. The van der Waals surface area contributed by atoms with Crippen LogP contribution in [0.25, 0.3) is 5.65 Å². The van der Waals surface area contributed by atoms with Crippen LogP contribution in [0, 0.1) is 6.92 Å². The summed E-state index contributed by atoms with van der Waals surface area (Å²) in [5, 5.41) is 15.4. The van der Waals surface area contributed by atoms with Crippen LogP contribution in [0.15, 0.2) is 10.9 Å². The molecule has 90 valence electrons. The van der Waals surface area contributed by atoms with E-state index < -0.39 is 18.2 Å². The lowest BCUT2D eigenvalue weighted by atomic mass is 10.4. The van der Waals surface area contributed by atoms with Crippen LogP contribution in [0.3, 0.4) is 0 Å². The number of aryl methyl sites for hydroxylation is 1. The summed E-state index contributed by atoms with van der Waals surface area (Å²) in [6, 6.07) is 1.61. The largest absolute Gasteiger partial charge is 0.480 e. The van der Waals surface area contributed by atoms with E-state index in [0.29, 0.717) is 17.3 Å². The molecule has 0 unspecified atom stereocenters. The number of carboxylic acids is 1. The number of hydrogen-bond donors (Lipinski definition) is 2. The molecule has 0 aliphatic heterocycles. The standard InChI is InChI=1S/C9H11N5O3/c1-5-3-6-12-13(4-7(15)16)9(17)14(6)8(10-2)11-5/h3H,4H2,1-2H3,(H,10,11)(H,15,16). The Morgan fingerprint density at radius 1 is 1.59 bits per heavy atom. The Hall–Kier alpha value is -2.38. The zero-order chi connectivity index (χ0) is 12.6. The monoisotopic (exact) mass is 237 g/mol. The zero-order valence-corrected chi connectivity index (χ0v) is 9.34. The minimum absolute atomic E-state index is 0.335. The van der Waals surface area contributed by atoms with Gasteiger partial charge in [-0.25, -0.2) is 18.9 Å². The number of rotatable bonds is 3. The number of carboxylic acid groups (broad SMARTS) is 1. The van der Waals surface area contributed by atoms with Gasteiger partial charge in [-0.1, -0.05) is 0 Å². The summed E-state index contributed by atoms with van der Waals surface area (Å²) in [6.45, 7) is 1.30. The summed E-state index contributed by atoms with van der Waals surface area (Å²) in [5.74, 6) is -0.784. The molecule has 0 amide bonds. The Morgan fingerprint density at radius 2 is 2.29 bits per heavy atom. The predicted octanol–water partition coefficient (Wildman–Crippen LogP) is -0.674. The Kier molecular flexibility index (Phi) is 2.54. The van der Waals surface area contributed by atoms with Crippen LogP contribution in [-0.2, 0) is 11.3 Å². The molecule has 2 rings (SSSR count). The Balaban J connectivity index is 2.73. The maximum atomic E-state index is 11.9. The van der Waals surface area contributed by atoms with E-state index in [-0.39, 0.29) is 0 Å². The highest BCUT2D eigenvalue weighted by molar-refractivity contribution is 5.66. The normalized spacial score (nSPS) is 10.7. The SMILES string of the molecule is CNc1nc(C)cc2nn(CC(=O)O)c(=O)n12. The van der Waals surface area contributed by atoms with Gasteiger partial charge in [0.05, 0.1) is 0 Å². The van der Waals surface area contributed by atoms with Crippen molar-refractivity contribution in [2.24, 2.45) is 0 Å². The van der Waals surface area contributed by atoms with E-state index in [2.05, 4.69) is 15.4 Å². The molecule has 0 bridgehead atoms. The lowest BCUT2D eigenvalue weighted by Crippen LogP contribution is -2.26. The molecular formula is C9H11N5O3. The van der Waals surface area contributed by atoms with E-state index >= 15 is 0 Å². The fraction of sp³-hybridized carbons (Fsp3) is 0.333. The first-order chi connectivity index (χ1) is 8.02. The van der Waals surface area contributed by atoms with E-state index in [9.17, 15) is 9.59 Å². The van der Waals surface area contributed by atoms with Gasteiger partial charge in [-0.2, -0.15) is 0 Å². The van der Waals surface area contributed by atoms with Crippen LogP contribution in [0.5, 0.6) is 0 Å². The van der Waals surface area contributed by atoms with Gasteiger partial charge in [0.15, 0.2) is 5.65 Å². The molecule has 2 N–H and O–H groups in total. The Bertz CT molecular complexity index is 642. The topological polar surface area (TPSA) is 102 Å². The van der Waals surface area contributed by atoms with Crippen molar-refractivity contribution < 1.29 is 9.90 Å². The van der Waals surface area contributed by atoms with Crippen molar-refractivity contribution >= 4 is 17.6 Å². The Morgan fingerprint density at radius 3 is 2.88 bits per heavy atom. The van der Waals surface area contributed by atoms with Crippen molar-refractivity contribution in [2.75, 3.05) is 12.4 Å². The van der Waals surface area contributed by atoms with Crippen LogP contribution in [0.1, 0.15) is 5.69 Å². The van der Waals surface area contributed by atoms with Crippen molar-refractivity contribution in [1.82, 2.24) is 19.2 Å². The Labute approximate surface area is 95.5 Å². The van der Waals surface area contributed by atoms with Crippen LogP contribution in [-0.4, -0.2) is 37.3 Å². The highest BCUT2D eigenvalue weighted by Gasteiger charge is 2.13. The number of hydrogen-bond acceptors (Lipinski definition) is 5. The summed E-state index contributed by atoms with van der Waals surface area (Å²) in [7, 11) is 1.63. The van der Waals surface area contributed by atoms with Crippen molar-refractivity contribution in [2.45, 2.75) is 13.5 Å². The number of nitrogens with zero attached hydrogens (tertiary/aromatic N) is 4. The van der Waals surface area contributed by atoms with Gasteiger partial charge in [-0.15, -0.1) is 5.10 Å². The van der Waals surface area contributed by atoms with E-state index in [1.165, 1.54) is 4.40 Å². The molecule has 2 aromatic rings. The smallest absolute Gasteiger partial charge is 0.353 e. The third-order valence-electron chi connectivity index (χ3n) is 2.21. The molecule has 2 heterocycles. The van der Waals surface area contributed by atoms with Gasteiger partial charge in [-0.3, -0.25) is 4.79 Å². The highest BCUT2D eigenvalue weighted by Crippen LogP contribution is 2.06. The molecule has 17 heavy (non-hydrogen) atoms. The molecule has 0 aliphatic carbocycles. The van der Waals surface area contributed by atoms with Gasteiger partial charge < -0.3 is 10.4 Å². The summed E-state index contributed by atoms with van der Waals surface area (Å²) < 4.78 is 2.12. The van der Waals surface area contributed by atoms with Crippen LogP contribution < -0.4 is 11.0 Å². The molecule has 8 heteroatoms. The molecular weight excluding hydrogens is 226 g/mol. The van der Waals surface area contributed by atoms with E-state index in [4.69, 9.17) is 5.11 Å². The number of anilines is 1. The molecule has 0 aliphatic rings. The molecule has 0 saturated heterocycles. The van der Waals surface area contributed by atoms with E-state index in [1.54, 1.807) is 20.0 Å². The summed E-state index contributed by atoms with van der Waals surface area (Å²) in [4.78, 5) is 26.6. The third kappa shape index (κ3) is 1.84. The van der Waals surface area contributed by atoms with E-state index in [0.717, 1.165) is 4.68 Å². The first-order valence-corrected chi connectivity index (χ1v) is 4.89. The molecule has 0 saturated carbocycles. The van der Waals surface area contributed by atoms with Gasteiger partial charge >= 0.3 is 11.7 Å². The van der Waals surface area contributed by atoms with Crippen molar-refractivity contribution in [3.8, 4) is 0 Å². The van der Waals surface area contributed by atoms with Crippen LogP contribution in [0.4, 0.5) is 5.95 Å². The molecule has 0 atom stereocenters. The number of aliphatic carboxylic acids is 1. The number of nitrogens with one attached hydrogen (secondary N) is 1. The second-order valence-corrected chi connectivity index (χ2v) is 3.50. The molecule has 0 radical (unpaired) electrons. The first kappa shape index (κ1) is 11.1. The van der Waals surface area contributed by atoms with Gasteiger partial charge in [-0.05, 0) is 6.92 Å². The summed E-state index contributed by atoms with van der Waals surface area (Å²) in [5.41, 5.74) is 0.529. The molecule has 0 fully saturated rings. The minimum atomic E-state index is -1.12. The average molecular weight is 237 g/mol. The number of fused-ring (bicyclic) bond motifs is 1. The van der Waals surface area contributed by atoms with Crippen molar-refractivity contribution in [3.63, 3.8) is 0 Å². The molecule has 8 nitrogen and oxygen atoms in total. The third-order valence-corrected chi connectivity index (χ3v) is 2.21. The molecule has 0 aromatic carbocycles. The maximum absolute atomic E-state index is 11.9. The quantitative estimate of drug-likeness (QED) is 0.733. The van der Waals surface area contributed by atoms with Crippen LogP contribution in [0.2, 0.25) is 0 Å². The second-order valence-electron chi connectivity index (χ2n) is 3.50. The number of carbonyl (C=O) groups is 1. The fourth-order valence-corrected chi connectivity index (χ4v) is 1.55. The van der Waals surface area contributed by atoms with Crippen molar-refractivity contribution in [1.29, 1.82) is 0 Å². The minimum Gasteiger partial charge on any atom is -0.480 e. The fourth-order valence-electron chi connectivity index (χ4n) is 1.55. The second kappa shape index (κ2) is 3.89. The summed E-state index contributed by atoms with van der Waals surface area (Å²) >= 11 is 0. The van der Waals surface area contributed by atoms with Gasteiger partial charge in [0.25, 0.3) is 0 Å². The first-order valence-electron chi connectivity index (χ1n) is 4.89. The predicted molar refractivity (Wildman–Crippen MR) is 59.2 cm³/mol. The maximum Gasteiger partial charge on any atom is 0.353 e. The van der Waals surface area contributed by atoms with E-state index in [1.807, 2.05) is 0 Å². The van der Waals surface area contributed by atoms with Gasteiger partial charge in [0.2, 0.25) is 5.95 Å². The average Bonchev–Trinajstić information content (AvgIpc) is 2.53. The lowest BCUT2D eigenvalue weighted by Gasteiger charge is -2.02. The van der Waals surface area contributed by atoms with Gasteiger partial charge in [0.1, 0.15) is 6.54 Å². The number of aromatic nitrogens is 4. The van der Waals surface area contributed by atoms with Gasteiger partial charge in [0, 0.05) is 18.8 Å². The van der Waals surface area contributed by atoms with Crippen molar-refractivity contribution in [3.05, 3.63) is 22.2 Å². The molecule has 2 aromatic heterocycles. The summed E-state index contributed by atoms with van der Waals surface area (Å²) in [6.07, 6.45) is 0. The lowest BCUT2D eigenvalue weighted by molar-refractivity contribution is -0.137. The van der Waals surface area contributed by atoms with Crippen LogP contribution >= 0.6 is 0 Å².